The van der Waals surface area contributed by atoms with Crippen LogP contribution in [0.25, 0.3) is 0 Å². The highest BCUT2D eigenvalue weighted by molar-refractivity contribution is 5.48. The van der Waals surface area contributed by atoms with E-state index in [9.17, 15) is 0 Å². The van der Waals surface area contributed by atoms with E-state index in [4.69, 9.17) is 4.74 Å². The Bertz CT molecular complexity index is 428. The van der Waals surface area contributed by atoms with Gasteiger partial charge in [0.2, 0.25) is 0 Å². The topological polar surface area (TPSA) is 40.6 Å². The number of likely N-dealkylation sites (tertiary alicyclic amines) is 1. The molecule has 5 heteroatoms. The quantitative estimate of drug-likeness (QED) is 0.886. The van der Waals surface area contributed by atoms with E-state index >= 15 is 0 Å². The second-order valence-electron chi connectivity index (χ2n) is 5.87. The van der Waals surface area contributed by atoms with Crippen molar-refractivity contribution >= 4 is 5.69 Å². The zero-order valence-electron chi connectivity index (χ0n) is 12.8. The third kappa shape index (κ3) is 4.32. The average molecular weight is 290 g/mol. The van der Waals surface area contributed by atoms with Gasteiger partial charge >= 0.3 is 0 Å². The summed E-state index contributed by atoms with van der Waals surface area (Å²) in [4.78, 5) is 9.18. The van der Waals surface area contributed by atoms with Crippen molar-refractivity contribution in [3.8, 4) is 5.75 Å². The molecule has 0 aliphatic carbocycles. The lowest BCUT2D eigenvalue weighted by molar-refractivity contribution is 0.183. The summed E-state index contributed by atoms with van der Waals surface area (Å²) in [6.07, 6.45) is 7.80. The molecule has 0 radical (unpaired) electrons. The molecule has 116 valence electrons. The fourth-order valence-electron chi connectivity index (χ4n) is 3.06. The van der Waals surface area contributed by atoms with Crippen molar-refractivity contribution in [2.75, 3.05) is 57.3 Å². The summed E-state index contributed by atoms with van der Waals surface area (Å²) in [5.41, 5.74) is 1.17. The second kappa shape index (κ2) is 7.61. The number of hydrogen-bond donors (Lipinski definition) is 1. The molecule has 3 heterocycles. The van der Waals surface area contributed by atoms with Crippen molar-refractivity contribution in [2.24, 2.45) is 0 Å². The Morgan fingerprint density at radius 3 is 2.67 bits per heavy atom. The first kappa shape index (κ1) is 14.6. The van der Waals surface area contributed by atoms with E-state index in [0.29, 0.717) is 0 Å². The Kier molecular flexibility index (Phi) is 5.29. The van der Waals surface area contributed by atoms with Crippen LogP contribution in [-0.4, -0.2) is 62.3 Å². The molecule has 21 heavy (non-hydrogen) atoms. The number of hydrogen-bond acceptors (Lipinski definition) is 5. The molecule has 0 atom stereocenters. The molecule has 2 saturated heterocycles. The fourth-order valence-corrected chi connectivity index (χ4v) is 3.06. The van der Waals surface area contributed by atoms with Crippen LogP contribution in [-0.2, 0) is 0 Å². The van der Waals surface area contributed by atoms with Crippen LogP contribution in [0.1, 0.15) is 19.3 Å². The lowest BCUT2D eigenvalue weighted by atomic mass is 10.1. The fraction of sp³-hybridized carbons (Fsp3) is 0.688. The zero-order valence-corrected chi connectivity index (χ0v) is 12.8. The predicted octanol–water partition coefficient (Wildman–Crippen LogP) is 1.36. The standard InChI is InChI=1S/C16H26N4O/c1-2-6-19(7-3-1)10-11-21-16-12-15(13-18-14-16)20-8-4-17-5-9-20/h12-14,17H,1-11H2. The van der Waals surface area contributed by atoms with Crippen molar-refractivity contribution in [1.82, 2.24) is 15.2 Å². The smallest absolute Gasteiger partial charge is 0.139 e. The minimum absolute atomic E-state index is 0.757. The number of aromatic nitrogens is 1. The summed E-state index contributed by atoms with van der Waals surface area (Å²) in [7, 11) is 0. The van der Waals surface area contributed by atoms with E-state index in [1.165, 1.54) is 38.0 Å². The van der Waals surface area contributed by atoms with Gasteiger partial charge < -0.3 is 15.0 Å². The molecule has 2 aliphatic heterocycles. The van der Waals surface area contributed by atoms with E-state index < -0.39 is 0 Å². The second-order valence-corrected chi connectivity index (χ2v) is 5.87. The summed E-state index contributed by atoms with van der Waals surface area (Å²) in [6, 6.07) is 2.12. The number of piperazine rings is 1. The molecule has 1 aromatic rings. The largest absolute Gasteiger partial charge is 0.491 e. The molecule has 5 nitrogen and oxygen atoms in total. The number of anilines is 1. The van der Waals surface area contributed by atoms with Gasteiger partial charge in [0.05, 0.1) is 18.1 Å². The van der Waals surface area contributed by atoms with E-state index in [2.05, 4.69) is 26.2 Å². The van der Waals surface area contributed by atoms with Gasteiger partial charge in [-0.2, -0.15) is 0 Å². The van der Waals surface area contributed by atoms with Crippen LogP contribution in [0.2, 0.25) is 0 Å². The Morgan fingerprint density at radius 1 is 1.05 bits per heavy atom. The monoisotopic (exact) mass is 290 g/mol. The number of nitrogens with zero attached hydrogens (tertiary/aromatic N) is 3. The maximum absolute atomic E-state index is 5.89. The SMILES string of the molecule is c1ncc(N2CCNCC2)cc1OCCN1CCCCC1. The molecule has 0 spiro atoms. The minimum atomic E-state index is 0.757. The molecular weight excluding hydrogens is 264 g/mol. The number of pyridine rings is 1. The lowest BCUT2D eigenvalue weighted by Crippen LogP contribution is -2.43. The molecule has 1 aromatic heterocycles. The van der Waals surface area contributed by atoms with Crippen LogP contribution in [0.5, 0.6) is 5.75 Å². The predicted molar refractivity (Wildman–Crippen MR) is 85.1 cm³/mol. The van der Waals surface area contributed by atoms with Crippen molar-refractivity contribution in [2.45, 2.75) is 19.3 Å². The molecule has 2 fully saturated rings. The van der Waals surface area contributed by atoms with Crippen LogP contribution in [0.4, 0.5) is 5.69 Å². The van der Waals surface area contributed by atoms with Crippen molar-refractivity contribution in [1.29, 1.82) is 0 Å². The number of rotatable bonds is 5. The molecule has 0 unspecified atom stereocenters. The van der Waals surface area contributed by atoms with Crippen LogP contribution >= 0.6 is 0 Å². The number of piperidine rings is 1. The van der Waals surface area contributed by atoms with E-state index in [-0.39, 0.29) is 0 Å². The van der Waals surface area contributed by atoms with Gasteiger partial charge in [-0.3, -0.25) is 9.88 Å². The maximum atomic E-state index is 5.89. The van der Waals surface area contributed by atoms with Gasteiger partial charge in [-0.25, -0.2) is 0 Å². The molecule has 0 aromatic carbocycles. The Labute approximate surface area is 127 Å². The van der Waals surface area contributed by atoms with Crippen molar-refractivity contribution in [3.63, 3.8) is 0 Å². The first-order valence-electron chi connectivity index (χ1n) is 8.18. The Balaban J connectivity index is 1.48. The van der Waals surface area contributed by atoms with Crippen molar-refractivity contribution in [3.05, 3.63) is 18.5 Å². The molecular formula is C16H26N4O. The third-order valence-electron chi connectivity index (χ3n) is 4.31. The molecule has 0 bridgehead atoms. The molecule has 1 N–H and O–H groups in total. The summed E-state index contributed by atoms with van der Waals surface area (Å²) >= 11 is 0. The lowest BCUT2D eigenvalue weighted by Gasteiger charge is -2.29. The van der Waals surface area contributed by atoms with Gasteiger partial charge in [0.15, 0.2) is 0 Å². The Hall–Kier alpha value is -1.33. The first-order chi connectivity index (χ1) is 10.4. The summed E-state index contributed by atoms with van der Waals surface area (Å²) in [5, 5.41) is 3.37. The summed E-state index contributed by atoms with van der Waals surface area (Å²) in [5.74, 6) is 0.892. The van der Waals surface area contributed by atoms with Gasteiger partial charge in [0.1, 0.15) is 12.4 Å². The highest BCUT2D eigenvalue weighted by Gasteiger charge is 2.12. The van der Waals surface area contributed by atoms with Crippen LogP contribution in [0, 0.1) is 0 Å². The highest BCUT2D eigenvalue weighted by Crippen LogP contribution is 2.20. The minimum Gasteiger partial charge on any atom is -0.491 e. The summed E-state index contributed by atoms with van der Waals surface area (Å²) < 4.78 is 5.89. The van der Waals surface area contributed by atoms with E-state index in [1.54, 1.807) is 0 Å². The molecule has 0 saturated carbocycles. The molecule has 3 rings (SSSR count). The molecule has 0 amide bonds. The van der Waals surface area contributed by atoms with Gasteiger partial charge in [-0.05, 0) is 25.9 Å². The normalized spacial score (nSPS) is 20.5. The number of nitrogens with one attached hydrogen (secondary N) is 1. The number of ether oxygens (including phenoxy) is 1. The van der Waals surface area contributed by atoms with E-state index in [1.807, 2.05) is 12.4 Å². The zero-order chi connectivity index (χ0) is 14.3. The Morgan fingerprint density at radius 2 is 1.86 bits per heavy atom. The van der Waals surface area contributed by atoms with Crippen LogP contribution in [0.3, 0.4) is 0 Å². The first-order valence-corrected chi connectivity index (χ1v) is 8.18. The van der Waals surface area contributed by atoms with Gasteiger partial charge in [0.25, 0.3) is 0 Å². The maximum Gasteiger partial charge on any atom is 0.139 e. The third-order valence-corrected chi connectivity index (χ3v) is 4.31. The van der Waals surface area contributed by atoms with Crippen LogP contribution < -0.4 is 15.0 Å². The van der Waals surface area contributed by atoms with Gasteiger partial charge in [0, 0.05) is 38.8 Å². The van der Waals surface area contributed by atoms with Gasteiger partial charge in [-0.1, -0.05) is 6.42 Å². The average Bonchev–Trinajstić information content (AvgIpc) is 2.57. The van der Waals surface area contributed by atoms with Crippen LogP contribution in [0.15, 0.2) is 18.5 Å². The molecule has 2 aliphatic rings. The van der Waals surface area contributed by atoms with Gasteiger partial charge in [-0.15, -0.1) is 0 Å². The summed E-state index contributed by atoms with van der Waals surface area (Å²) in [6.45, 7) is 8.40. The highest BCUT2D eigenvalue weighted by atomic mass is 16.5. The van der Waals surface area contributed by atoms with Crippen molar-refractivity contribution < 1.29 is 4.74 Å². The van der Waals surface area contributed by atoms with E-state index in [0.717, 1.165) is 45.1 Å².